The highest BCUT2D eigenvalue weighted by Crippen LogP contribution is 2.41. The molecule has 12 aromatic rings. The zero-order valence-corrected chi connectivity index (χ0v) is 32.4. The average molecular weight is 773 g/mol. The van der Waals surface area contributed by atoms with Crippen LogP contribution in [0.15, 0.2) is 194 Å². The molecule has 0 aliphatic carbocycles. The molecule has 0 aliphatic rings. The van der Waals surface area contributed by atoms with E-state index in [1.165, 1.54) is 15.5 Å². The molecule has 0 spiro atoms. The molecule has 0 atom stereocenters. The van der Waals surface area contributed by atoms with Crippen molar-refractivity contribution in [1.82, 2.24) is 29.1 Å². The summed E-state index contributed by atoms with van der Waals surface area (Å²) in [7, 11) is 0. The second kappa shape index (κ2) is 13.4. The molecule has 0 amide bonds. The topological polar surface area (TPSA) is 61.4 Å². The van der Waals surface area contributed by atoms with Crippen LogP contribution in [0.1, 0.15) is 0 Å². The van der Waals surface area contributed by atoms with Crippen molar-refractivity contribution >= 4 is 65.2 Å². The number of aromatic nitrogens is 6. The summed E-state index contributed by atoms with van der Waals surface area (Å²) < 4.78 is 5.72. The third-order valence-corrected chi connectivity index (χ3v) is 12.3. The van der Waals surface area contributed by atoms with E-state index in [9.17, 15) is 0 Å². The summed E-state index contributed by atoms with van der Waals surface area (Å²) in [6, 6.07) is 68.1. The van der Waals surface area contributed by atoms with Crippen LogP contribution >= 0.6 is 11.3 Å². The van der Waals surface area contributed by atoms with Crippen molar-refractivity contribution in [2.75, 3.05) is 0 Å². The van der Waals surface area contributed by atoms with E-state index < -0.39 is 0 Å². The summed E-state index contributed by atoms with van der Waals surface area (Å²) in [4.78, 5) is 20.3. The number of hydrogen-bond donors (Lipinski definition) is 0. The summed E-state index contributed by atoms with van der Waals surface area (Å²) in [5.74, 6) is 1.84. The van der Waals surface area contributed by atoms with Crippen molar-refractivity contribution in [2.24, 2.45) is 0 Å². The molecule has 0 unspecified atom stereocenters. The molecule has 0 bridgehead atoms. The van der Waals surface area contributed by atoms with E-state index >= 15 is 0 Å². The maximum absolute atomic E-state index is 5.12. The summed E-state index contributed by atoms with van der Waals surface area (Å²) in [6.45, 7) is 0. The lowest BCUT2D eigenvalue weighted by Gasteiger charge is -2.11. The molecule has 8 aromatic carbocycles. The van der Waals surface area contributed by atoms with Gasteiger partial charge in [-0.15, -0.1) is 11.3 Å². The van der Waals surface area contributed by atoms with Crippen LogP contribution in [0, 0.1) is 0 Å². The molecule has 4 aromatic heterocycles. The van der Waals surface area contributed by atoms with Crippen LogP contribution in [-0.4, -0.2) is 29.1 Å². The zero-order valence-electron chi connectivity index (χ0n) is 31.6. The van der Waals surface area contributed by atoms with Crippen molar-refractivity contribution in [3.8, 4) is 56.1 Å². The van der Waals surface area contributed by atoms with Gasteiger partial charge < -0.3 is 4.57 Å². The Kier molecular flexibility index (Phi) is 7.61. The van der Waals surface area contributed by atoms with Gasteiger partial charge in [-0.3, -0.25) is 4.57 Å². The molecule has 7 heteroatoms. The van der Waals surface area contributed by atoms with E-state index in [2.05, 4.69) is 137 Å². The number of hydrogen-bond acceptors (Lipinski definition) is 5. The Labute approximate surface area is 343 Å². The molecule has 276 valence electrons. The highest BCUT2D eigenvalue weighted by Gasteiger charge is 2.20. The van der Waals surface area contributed by atoms with E-state index in [1.807, 2.05) is 66.7 Å². The van der Waals surface area contributed by atoms with Crippen molar-refractivity contribution in [2.45, 2.75) is 0 Å². The third kappa shape index (κ3) is 5.55. The molecule has 0 radical (unpaired) electrons. The number of benzene rings is 8. The summed E-state index contributed by atoms with van der Waals surface area (Å²) in [5.41, 5.74) is 11.8. The van der Waals surface area contributed by atoms with Gasteiger partial charge in [-0.25, -0.2) is 9.97 Å². The SMILES string of the molecule is c1ccc(-c2nc(-c3ccccc3)nc(-n3c4ccccc4c4cc(-c5ccc6c(c5)c5cc7sc(-c8ccccc8)nc7cc5n6-c5ccccc5)ccc43)n2)cc1. The Balaban J connectivity index is 1.05. The number of nitrogens with zero attached hydrogens (tertiary/aromatic N) is 6. The van der Waals surface area contributed by atoms with Gasteiger partial charge in [-0.2, -0.15) is 9.97 Å². The first kappa shape index (κ1) is 33.4. The molecular formula is C52H32N6S. The Morgan fingerprint density at radius 2 is 0.847 bits per heavy atom. The minimum Gasteiger partial charge on any atom is -0.309 e. The number of thiazole rings is 1. The second-order valence-corrected chi connectivity index (χ2v) is 15.8. The van der Waals surface area contributed by atoms with E-state index in [0.29, 0.717) is 17.6 Å². The zero-order chi connectivity index (χ0) is 38.9. The first-order valence-electron chi connectivity index (χ1n) is 19.6. The van der Waals surface area contributed by atoms with Crippen LogP contribution < -0.4 is 0 Å². The number of para-hydroxylation sites is 2. The first-order chi connectivity index (χ1) is 29.2. The smallest absolute Gasteiger partial charge is 0.238 e. The van der Waals surface area contributed by atoms with Gasteiger partial charge in [0.05, 0.1) is 32.3 Å². The normalized spacial score (nSPS) is 11.7. The Bertz CT molecular complexity index is 3480. The molecule has 0 N–H and O–H groups in total. The van der Waals surface area contributed by atoms with Gasteiger partial charge >= 0.3 is 0 Å². The van der Waals surface area contributed by atoms with Crippen LogP contribution in [0.3, 0.4) is 0 Å². The molecule has 59 heavy (non-hydrogen) atoms. The lowest BCUT2D eigenvalue weighted by atomic mass is 10.0. The summed E-state index contributed by atoms with van der Waals surface area (Å²) >= 11 is 1.74. The maximum Gasteiger partial charge on any atom is 0.238 e. The Morgan fingerprint density at radius 3 is 1.49 bits per heavy atom. The van der Waals surface area contributed by atoms with Crippen molar-refractivity contribution < 1.29 is 0 Å². The first-order valence-corrected chi connectivity index (χ1v) is 20.5. The van der Waals surface area contributed by atoms with Crippen molar-refractivity contribution in [3.63, 3.8) is 0 Å². The van der Waals surface area contributed by atoms with Gasteiger partial charge in [-0.05, 0) is 65.7 Å². The number of rotatable bonds is 6. The third-order valence-electron chi connectivity index (χ3n) is 11.2. The molecule has 0 saturated heterocycles. The van der Waals surface area contributed by atoms with Gasteiger partial charge in [0.1, 0.15) is 5.01 Å². The van der Waals surface area contributed by atoms with Gasteiger partial charge in [0.25, 0.3) is 0 Å². The van der Waals surface area contributed by atoms with Gasteiger partial charge in [0.2, 0.25) is 5.95 Å². The molecule has 0 fully saturated rings. The summed E-state index contributed by atoms with van der Waals surface area (Å²) in [5, 5.41) is 5.70. The summed E-state index contributed by atoms with van der Waals surface area (Å²) in [6.07, 6.45) is 0. The van der Waals surface area contributed by atoms with E-state index in [4.69, 9.17) is 19.9 Å². The minimum atomic E-state index is 0.580. The van der Waals surface area contributed by atoms with Crippen LogP contribution in [0.25, 0.3) is 110 Å². The molecule has 6 nitrogen and oxygen atoms in total. The predicted molar refractivity (Wildman–Crippen MR) is 243 cm³/mol. The van der Waals surface area contributed by atoms with E-state index in [0.717, 1.165) is 76.9 Å². The minimum absolute atomic E-state index is 0.580. The van der Waals surface area contributed by atoms with Crippen molar-refractivity contribution in [1.29, 1.82) is 0 Å². The fraction of sp³-hybridized carbons (Fsp3) is 0. The van der Waals surface area contributed by atoms with Crippen LogP contribution in [0.4, 0.5) is 0 Å². The molecular weight excluding hydrogens is 741 g/mol. The largest absolute Gasteiger partial charge is 0.309 e. The quantitative estimate of drug-likeness (QED) is 0.169. The molecule has 0 aliphatic heterocycles. The molecule has 12 rings (SSSR count). The van der Waals surface area contributed by atoms with Gasteiger partial charge in [-0.1, -0.05) is 140 Å². The van der Waals surface area contributed by atoms with Gasteiger partial charge in [0.15, 0.2) is 11.6 Å². The Hall–Kier alpha value is -7.74. The fourth-order valence-electron chi connectivity index (χ4n) is 8.44. The lowest BCUT2D eigenvalue weighted by molar-refractivity contribution is 0.953. The molecule has 4 heterocycles. The highest BCUT2D eigenvalue weighted by atomic mass is 32.1. The predicted octanol–water partition coefficient (Wildman–Crippen LogP) is 13.3. The van der Waals surface area contributed by atoms with Crippen LogP contribution in [0.5, 0.6) is 0 Å². The van der Waals surface area contributed by atoms with Crippen LogP contribution in [-0.2, 0) is 0 Å². The fourth-order valence-corrected chi connectivity index (χ4v) is 9.44. The monoisotopic (exact) mass is 772 g/mol. The highest BCUT2D eigenvalue weighted by molar-refractivity contribution is 7.21. The second-order valence-electron chi connectivity index (χ2n) is 14.7. The maximum atomic E-state index is 5.12. The number of fused-ring (bicyclic) bond motifs is 7. The van der Waals surface area contributed by atoms with Gasteiger partial charge in [0, 0.05) is 43.9 Å². The molecule has 0 saturated carbocycles. The van der Waals surface area contributed by atoms with E-state index in [-0.39, 0.29) is 0 Å². The Morgan fingerprint density at radius 1 is 0.339 bits per heavy atom. The lowest BCUT2D eigenvalue weighted by Crippen LogP contribution is -2.06. The van der Waals surface area contributed by atoms with Crippen molar-refractivity contribution in [3.05, 3.63) is 194 Å². The average Bonchev–Trinajstić information content (AvgIpc) is 3.98. The van der Waals surface area contributed by atoms with Crippen LogP contribution in [0.2, 0.25) is 0 Å². The standard InChI is InChI=1S/C52H32N6S/c1-5-15-33(16-6-1)49-54-50(34-17-7-2-8-18-34)56-52(55-49)58-44-24-14-13-23-39(44)40-29-36(26-28-46(40)58)37-25-27-45-41(30-37)42-31-48-43(53-51(59-48)35-19-9-3-10-20-35)32-47(42)57(45)38-21-11-4-12-22-38/h1-32H. The van der Waals surface area contributed by atoms with E-state index in [1.54, 1.807) is 11.3 Å².